The van der Waals surface area contributed by atoms with Crippen LogP contribution in [0.3, 0.4) is 0 Å². The van der Waals surface area contributed by atoms with Crippen LogP contribution in [0, 0.1) is 5.41 Å². The second kappa shape index (κ2) is 22.7. The van der Waals surface area contributed by atoms with Crippen molar-refractivity contribution in [2.24, 2.45) is 5.41 Å². The summed E-state index contributed by atoms with van der Waals surface area (Å²) in [7, 11) is -4.72. The van der Waals surface area contributed by atoms with Crippen molar-refractivity contribution in [1.29, 1.82) is 0 Å². The van der Waals surface area contributed by atoms with Crippen molar-refractivity contribution in [3.05, 3.63) is 0 Å². The van der Waals surface area contributed by atoms with Crippen molar-refractivity contribution >= 4 is 36.5 Å². The quantitative estimate of drug-likeness (QED) is 0.0733. The SMILES string of the molecule is CCCCCCCCCCCCCCCC(=O)SCCNC(=O)CCNC(=O)[C@H](O)C(C)(C)COP(=O)(O)O. The van der Waals surface area contributed by atoms with Gasteiger partial charge in [-0.3, -0.25) is 18.9 Å². The molecule has 0 aromatic heterocycles. The summed E-state index contributed by atoms with van der Waals surface area (Å²) in [5.74, 6) is -0.572. The van der Waals surface area contributed by atoms with E-state index in [0.717, 1.165) is 12.8 Å². The van der Waals surface area contributed by atoms with Crippen LogP contribution in [0.2, 0.25) is 0 Å². The summed E-state index contributed by atoms with van der Waals surface area (Å²) >= 11 is 1.22. The van der Waals surface area contributed by atoms with Crippen LogP contribution in [-0.4, -0.2) is 63.4 Å². The van der Waals surface area contributed by atoms with E-state index in [4.69, 9.17) is 9.79 Å². The fraction of sp³-hybridized carbons (Fsp3) is 0.889. The summed E-state index contributed by atoms with van der Waals surface area (Å²) in [5.41, 5.74) is -1.25. The van der Waals surface area contributed by atoms with Gasteiger partial charge in [0.2, 0.25) is 11.8 Å². The maximum atomic E-state index is 12.1. The number of hydrogen-bond acceptors (Lipinski definition) is 7. The molecule has 0 bridgehead atoms. The Hall–Kier alpha value is -0.970. The van der Waals surface area contributed by atoms with E-state index in [1.807, 2.05) is 0 Å². The first kappa shape index (κ1) is 38.0. The van der Waals surface area contributed by atoms with E-state index in [1.165, 1.54) is 96.2 Å². The molecule has 10 nitrogen and oxygen atoms in total. The predicted octanol–water partition coefficient (Wildman–Crippen LogP) is 4.85. The molecule has 0 aliphatic heterocycles. The molecule has 0 aliphatic carbocycles. The lowest BCUT2D eigenvalue weighted by molar-refractivity contribution is -0.137. The smallest absolute Gasteiger partial charge is 0.383 e. The van der Waals surface area contributed by atoms with E-state index < -0.39 is 31.9 Å². The van der Waals surface area contributed by atoms with E-state index >= 15 is 0 Å². The number of phosphoric ester groups is 1. The molecule has 0 saturated carbocycles. The van der Waals surface area contributed by atoms with Gasteiger partial charge in [0.25, 0.3) is 0 Å². The number of aliphatic hydroxyl groups excluding tert-OH is 1. The van der Waals surface area contributed by atoms with Crippen LogP contribution in [0.5, 0.6) is 0 Å². The number of rotatable bonds is 25. The van der Waals surface area contributed by atoms with Crippen LogP contribution in [0.4, 0.5) is 0 Å². The first-order valence-electron chi connectivity index (χ1n) is 14.5. The lowest BCUT2D eigenvalue weighted by Gasteiger charge is -2.29. The van der Waals surface area contributed by atoms with Gasteiger partial charge >= 0.3 is 7.82 Å². The number of aliphatic hydroxyl groups is 1. The highest BCUT2D eigenvalue weighted by Crippen LogP contribution is 2.38. The third-order valence-corrected chi connectivity index (χ3v) is 7.82. The van der Waals surface area contributed by atoms with Crippen molar-refractivity contribution in [2.45, 2.75) is 123 Å². The minimum absolute atomic E-state index is 0.00452. The molecule has 1 atom stereocenters. The Bertz CT molecular complexity index is 733. The first-order chi connectivity index (χ1) is 18.4. The van der Waals surface area contributed by atoms with Gasteiger partial charge in [0.15, 0.2) is 5.12 Å². The molecule has 39 heavy (non-hydrogen) atoms. The monoisotopic (exact) mass is 596 g/mol. The molecule has 5 N–H and O–H groups in total. The number of unbranched alkanes of at least 4 members (excludes halogenated alkanes) is 12. The molecule has 230 valence electrons. The third-order valence-electron chi connectivity index (χ3n) is 6.42. The lowest BCUT2D eigenvalue weighted by Crippen LogP contribution is -2.46. The van der Waals surface area contributed by atoms with Gasteiger partial charge in [-0.05, 0) is 6.42 Å². The molecular weight excluding hydrogens is 543 g/mol. The Morgan fingerprint density at radius 1 is 0.821 bits per heavy atom. The minimum atomic E-state index is -4.72. The van der Waals surface area contributed by atoms with Gasteiger partial charge in [-0.1, -0.05) is 110 Å². The van der Waals surface area contributed by atoms with Crippen molar-refractivity contribution in [2.75, 3.05) is 25.4 Å². The minimum Gasteiger partial charge on any atom is -0.383 e. The molecule has 0 radical (unpaired) electrons. The third kappa shape index (κ3) is 23.4. The van der Waals surface area contributed by atoms with Crippen molar-refractivity contribution in [3.63, 3.8) is 0 Å². The van der Waals surface area contributed by atoms with Crippen LogP contribution in [0.15, 0.2) is 0 Å². The molecule has 0 saturated heterocycles. The molecule has 0 rings (SSSR count). The predicted molar refractivity (Wildman–Crippen MR) is 156 cm³/mol. The second-order valence-corrected chi connectivity index (χ2v) is 13.2. The summed E-state index contributed by atoms with van der Waals surface area (Å²) in [5, 5.41) is 15.4. The maximum absolute atomic E-state index is 12.1. The molecule has 0 fully saturated rings. The van der Waals surface area contributed by atoms with Crippen LogP contribution < -0.4 is 10.6 Å². The highest BCUT2D eigenvalue weighted by atomic mass is 32.2. The zero-order valence-electron chi connectivity index (χ0n) is 24.3. The average molecular weight is 597 g/mol. The van der Waals surface area contributed by atoms with E-state index in [-0.39, 0.29) is 24.0 Å². The van der Waals surface area contributed by atoms with Gasteiger partial charge in [0, 0.05) is 37.1 Å². The molecule has 0 aromatic carbocycles. The Morgan fingerprint density at radius 3 is 1.85 bits per heavy atom. The number of carbonyl (C=O) groups is 3. The Morgan fingerprint density at radius 2 is 1.33 bits per heavy atom. The van der Waals surface area contributed by atoms with Crippen molar-refractivity contribution in [3.8, 4) is 0 Å². The molecule has 0 spiro atoms. The van der Waals surface area contributed by atoms with Crippen LogP contribution in [0.1, 0.15) is 117 Å². The summed E-state index contributed by atoms with van der Waals surface area (Å²) in [6.45, 7) is 4.91. The molecule has 0 heterocycles. The van der Waals surface area contributed by atoms with Crippen LogP contribution >= 0.6 is 19.6 Å². The Kier molecular flexibility index (Phi) is 22.1. The summed E-state index contributed by atoms with van der Waals surface area (Å²) in [4.78, 5) is 53.6. The Balaban J connectivity index is 3.69. The van der Waals surface area contributed by atoms with Crippen LogP contribution in [0.25, 0.3) is 0 Å². The van der Waals surface area contributed by atoms with Crippen LogP contribution in [-0.2, 0) is 23.5 Å². The van der Waals surface area contributed by atoms with Crippen molar-refractivity contribution in [1.82, 2.24) is 10.6 Å². The highest BCUT2D eigenvalue weighted by molar-refractivity contribution is 8.13. The standard InChI is InChI=1S/C27H53N2O8PS/c1-4-5-6-7-8-9-10-11-12-13-14-15-16-17-24(31)39-21-20-28-23(30)18-19-29-26(33)25(32)27(2,3)22-37-38(34,35)36/h25,32H,4-22H2,1-3H3,(H,28,30)(H,29,33)(H2,34,35,36)/t25-/m0/s1. The number of carbonyl (C=O) groups excluding carboxylic acids is 3. The zero-order valence-corrected chi connectivity index (χ0v) is 26.0. The van der Waals surface area contributed by atoms with Gasteiger partial charge in [-0.15, -0.1) is 0 Å². The molecular formula is C27H53N2O8PS. The number of phosphoric acid groups is 1. The fourth-order valence-electron chi connectivity index (χ4n) is 3.88. The van der Waals surface area contributed by atoms with E-state index in [0.29, 0.717) is 18.7 Å². The number of amides is 2. The summed E-state index contributed by atoms with van der Waals surface area (Å²) in [6, 6.07) is 0. The largest absolute Gasteiger partial charge is 0.469 e. The van der Waals surface area contributed by atoms with Gasteiger partial charge in [-0.25, -0.2) is 4.57 Å². The van der Waals surface area contributed by atoms with Gasteiger partial charge in [-0.2, -0.15) is 0 Å². The molecule has 2 amide bonds. The van der Waals surface area contributed by atoms with E-state index in [9.17, 15) is 24.1 Å². The fourth-order valence-corrected chi connectivity index (χ4v) is 5.10. The number of hydrogen-bond donors (Lipinski definition) is 5. The summed E-state index contributed by atoms with van der Waals surface area (Å²) < 4.78 is 15.2. The zero-order chi connectivity index (χ0) is 29.6. The average Bonchev–Trinajstić information content (AvgIpc) is 2.87. The second-order valence-electron chi connectivity index (χ2n) is 10.8. The molecule has 0 aliphatic rings. The normalized spacial score (nSPS) is 12.8. The molecule has 0 aromatic rings. The van der Waals surface area contributed by atoms with E-state index in [2.05, 4.69) is 22.1 Å². The number of nitrogens with one attached hydrogen (secondary N) is 2. The van der Waals surface area contributed by atoms with Gasteiger partial charge in [0.05, 0.1) is 6.61 Å². The summed E-state index contributed by atoms with van der Waals surface area (Å²) in [6.07, 6.45) is 15.5. The number of thioether (sulfide) groups is 1. The Labute approximate surface area is 239 Å². The first-order valence-corrected chi connectivity index (χ1v) is 17.0. The van der Waals surface area contributed by atoms with Gasteiger partial charge in [0.1, 0.15) is 6.10 Å². The van der Waals surface area contributed by atoms with E-state index in [1.54, 1.807) is 0 Å². The molecule has 0 unspecified atom stereocenters. The van der Waals surface area contributed by atoms with Gasteiger partial charge < -0.3 is 25.5 Å². The topological polar surface area (TPSA) is 162 Å². The maximum Gasteiger partial charge on any atom is 0.469 e. The molecule has 12 heteroatoms. The lowest BCUT2D eigenvalue weighted by atomic mass is 9.87. The highest BCUT2D eigenvalue weighted by Gasteiger charge is 2.35. The van der Waals surface area contributed by atoms with Crippen molar-refractivity contribution < 1.29 is 38.4 Å².